The van der Waals surface area contributed by atoms with Crippen LogP contribution in [0.4, 0.5) is 0 Å². The minimum Gasteiger partial charge on any atom is -0.478 e. The number of aromatic nitrogens is 2. The Morgan fingerprint density at radius 3 is 2.71 bits per heavy atom. The van der Waals surface area contributed by atoms with Gasteiger partial charge in [0.2, 0.25) is 0 Å². The van der Waals surface area contributed by atoms with Crippen molar-refractivity contribution in [1.82, 2.24) is 15.3 Å². The first-order valence-corrected chi connectivity index (χ1v) is 7.05. The normalized spacial score (nSPS) is 11.2. The fraction of sp³-hybridized carbons (Fsp3) is 0.333. The molecule has 0 saturated carbocycles. The predicted octanol–water partition coefficient (Wildman–Crippen LogP) is 2.58. The number of rotatable bonds is 6. The summed E-state index contributed by atoms with van der Waals surface area (Å²) in [4.78, 5) is 19.1. The van der Waals surface area contributed by atoms with Crippen LogP contribution in [0.15, 0.2) is 36.8 Å². The van der Waals surface area contributed by atoms with Gasteiger partial charge in [-0.1, -0.05) is 11.6 Å². The van der Waals surface area contributed by atoms with E-state index in [0.717, 1.165) is 5.69 Å². The van der Waals surface area contributed by atoms with Crippen LogP contribution in [-0.2, 0) is 11.2 Å². The van der Waals surface area contributed by atoms with Crippen molar-refractivity contribution in [1.29, 1.82) is 0 Å². The Labute approximate surface area is 128 Å². The molecule has 6 heteroatoms. The van der Waals surface area contributed by atoms with Gasteiger partial charge in [0.05, 0.1) is 6.33 Å². The molecule has 1 aromatic heterocycles. The second kappa shape index (κ2) is 6.63. The number of nitrogens with zero attached hydrogens (tertiary/aromatic N) is 1. The molecule has 0 unspecified atom stereocenters. The summed E-state index contributed by atoms with van der Waals surface area (Å²) in [6.07, 6.45) is 4.05. The minimum atomic E-state index is -0.957. The van der Waals surface area contributed by atoms with Crippen molar-refractivity contribution in [2.75, 3.05) is 6.54 Å². The van der Waals surface area contributed by atoms with Crippen LogP contribution in [0.1, 0.15) is 19.5 Å². The molecule has 1 amide bonds. The highest BCUT2D eigenvalue weighted by atomic mass is 35.5. The molecule has 0 spiro atoms. The van der Waals surface area contributed by atoms with Gasteiger partial charge in [-0.15, -0.1) is 0 Å². The van der Waals surface area contributed by atoms with Crippen LogP contribution in [0.25, 0.3) is 0 Å². The lowest BCUT2D eigenvalue weighted by atomic mass is 10.1. The van der Waals surface area contributed by atoms with E-state index < -0.39 is 5.60 Å². The van der Waals surface area contributed by atoms with Gasteiger partial charge in [0.15, 0.2) is 5.60 Å². The first kappa shape index (κ1) is 15.4. The number of carbonyl (C=O) groups is 1. The Morgan fingerprint density at radius 2 is 2.10 bits per heavy atom. The van der Waals surface area contributed by atoms with E-state index in [1.807, 2.05) is 0 Å². The lowest BCUT2D eigenvalue weighted by Crippen LogP contribution is -2.47. The van der Waals surface area contributed by atoms with Gasteiger partial charge in [0.1, 0.15) is 5.75 Å². The monoisotopic (exact) mass is 307 g/mol. The summed E-state index contributed by atoms with van der Waals surface area (Å²) in [6.45, 7) is 3.98. The van der Waals surface area contributed by atoms with Crippen molar-refractivity contribution in [2.45, 2.75) is 25.9 Å². The summed E-state index contributed by atoms with van der Waals surface area (Å²) >= 11 is 5.82. The molecule has 0 atom stereocenters. The van der Waals surface area contributed by atoms with Crippen LogP contribution < -0.4 is 10.1 Å². The molecule has 2 N–H and O–H groups in total. The van der Waals surface area contributed by atoms with Crippen molar-refractivity contribution >= 4 is 17.5 Å². The van der Waals surface area contributed by atoms with Crippen LogP contribution in [0.2, 0.25) is 5.02 Å². The van der Waals surface area contributed by atoms with Gasteiger partial charge in [0, 0.05) is 29.9 Å². The Morgan fingerprint density at radius 1 is 1.38 bits per heavy atom. The van der Waals surface area contributed by atoms with Crippen molar-refractivity contribution < 1.29 is 9.53 Å². The smallest absolute Gasteiger partial charge is 0.263 e. The van der Waals surface area contributed by atoms with Crippen LogP contribution in [0.5, 0.6) is 5.75 Å². The lowest BCUT2D eigenvalue weighted by Gasteiger charge is -2.25. The van der Waals surface area contributed by atoms with E-state index in [2.05, 4.69) is 15.3 Å². The number of imidazole rings is 1. The third kappa shape index (κ3) is 4.49. The lowest BCUT2D eigenvalue weighted by molar-refractivity contribution is -0.134. The molecule has 0 aliphatic carbocycles. The van der Waals surface area contributed by atoms with Crippen molar-refractivity contribution in [3.63, 3.8) is 0 Å². The molecule has 1 heterocycles. The molecule has 21 heavy (non-hydrogen) atoms. The largest absolute Gasteiger partial charge is 0.478 e. The second-order valence-corrected chi connectivity index (χ2v) is 5.59. The molecular formula is C15H18ClN3O2. The number of H-pyrrole nitrogens is 1. The summed E-state index contributed by atoms with van der Waals surface area (Å²) in [5.74, 6) is 0.435. The highest BCUT2D eigenvalue weighted by Crippen LogP contribution is 2.20. The van der Waals surface area contributed by atoms with Gasteiger partial charge < -0.3 is 15.0 Å². The maximum atomic E-state index is 12.2. The molecule has 112 valence electrons. The third-order valence-corrected chi connectivity index (χ3v) is 3.22. The summed E-state index contributed by atoms with van der Waals surface area (Å²) in [6, 6.07) is 6.93. The van der Waals surface area contributed by atoms with Gasteiger partial charge in [-0.25, -0.2) is 4.98 Å². The topological polar surface area (TPSA) is 67.0 Å². The zero-order valence-corrected chi connectivity index (χ0v) is 12.8. The standard InChI is InChI=1S/C15H18ClN3O2/c1-15(2,21-13-5-3-11(16)4-6-13)14(20)18-8-7-12-9-17-10-19-12/h3-6,9-10H,7-8H2,1-2H3,(H,17,19)(H,18,20). The molecular weight excluding hydrogens is 290 g/mol. The highest BCUT2D eigenvalue weighted by molar-refractivity contribution is 6.30. The maximum absolute atomic E-state index is 12.2. The van der Waals surface area contributed by atoms with Crippen molar-refractivity contribution in [3.8, 4) is 5.75 Å². The van der Waals surface area contributed by atoms with Crippen LogP contribution in [-0.4, -0.2) is 28.0 Å². The van der Waals surface area contributed by atoms with Gasteiger partial charge in [-0.2, -0.15) is 0 Å². The second-order valence-electron chi connectivity index (χ2n) is 5.15. The van der Waals surface area contributed by atoms with Crippen molar-refractivity contribution in [3.05, 3.63) is 47.5 Å². The number of hydrogen-bond acceptors (Lipinski definition) is 3. The summed E-state index contributed by atoms with van der Waals surface area (Å²) in [5.41, 5.74) is 0.0219. The van der Waals surface area contributed by atoms with Gasteiger partial charge in [-0.05, 0) is 38.1 Å². The number of carbonyl (C=O) groups excluding carboxylic acids is 1. The van der Waals surface area contributed by atoms with Gasteiger partial charge in [0.25, 0.3) is 5.91 Å². The van der Waals surface area contributed by atoms with Gasteiger partial charge >= 0.3 is 0 Å². The average molecular weight is 308 g/mol. The summed E-state index contributed by atoms with van der Waals surface area (Å²) < 4.78 is 5.72. The number of halogens is 1. The Balaban J connectivity index is 1.85. The van der Waals surface area contributed by atoms with Crippen LogP contribution >= 0.6 is 11.6 Å². The fourth-order valence-electron chi connectivity index (χ4n) is 1.79. The number of nitrogens with one attached hydrogen (secondary N) is 2. The quantitative estimate of drug-likeness (QED) is 0.862. The van der Waals surface area contributed by atoms with Gasteiger partial charge in [-0.3, -0.25) is 4.79 Å². The first-order valence-electron chi connectivity index (χ1n) is 6.67. The van der Waals surface area contributed by atoms with E-state index in [0.29, 0.717) is 23.7 Å². The molecule has 1 aromatic carbocycles. The Kier molecular flexibility index (Phi) is 4.85. The van der Waals surface area contributed by atoms with E-state index in [1.165, 1.54) is 0 Å². The molecule has 5 nitrogen and oxygen atoms in total. The molecule has 0 radical (unpaired) electrons. The summed E-state index contributed by atoms with van der Waals surface area (Å²) in [7, 11) is 0. The van der Waals surface area contributed by atoms with E-state index in [1.54, 1.807) is 50.6 Å². The fourth-order valence-corrected chi connectivity index (χ4v) is 1.91. The third-order valence-electron chi connectivity index (χ3n) is 2.97. The zero-order valence-electron chi connectivity index (χ0n) is 12.0. The zero-order chi connectivity index (χ0) is 15.3. The van der Waals surface area contributed by atoms with E-state index >= 15 is 0 Å². The van der Waals surface area contributed by atoms with E-state index in [4.69, 9.17) is 16.3 Å². The first-order chi connectivity index (χ1) is 9.97. The number of amides is 1. The maximum Gasteiger partial charge on any atom is 0.263 e. The SMILES string of the molecule is CC(C)(Oc1ccc(Cl)cc1)C(=O)NCCc1cnc[nH]1. The number of benzene rings is 1. The number of ether oxygens (including phenoxy) is 1. The van der Waals surface area contributed by atoms with E-state index in [-0.39, 0.29) is 5.91 Å². The molecule has 2 rings (SSSR count). The molecule has 0 aliphatic rings. The number of hydrogen-bond donors (Lipinski definition) is 2. The molecule has 0 bridgehead atoms. The minimum absolute atomic E-state index is 0.169. The Bertz CT molecular complexity index is 579. The number of aromatic amines is 1. The van der Waals surface area contributed by atoms with Crippen molar-refractivity contribution in [2.24, 2.45) is 0 Å². The van der Waals surface area contributed by atoms with Crippen LogP contribution in [0, 0.1) is 0 Å². The average Bonchev–Trinajstić information content (AvgIpc) is 2.94. The predicted molar refractivity (Wildman–Crippen MR) is 81.5 cm³/mol. The highest BCUT2D eigenvalue weighted by Gasteiger charge is 2.29. The van der Waals surface area contributed by atoms with E-state index in [9.17, 15) is 4.79 Å². The molecule has 0 fully saturated rings. The Hall–Kier alpha value is -2.01. The molecule has 2 aromatic rings. The summed E-state index contributed by atoms with van der Waals surface area (Å²) in [5, 5.41) is 3.48. The van der Waals surface area contributed by atoms with Crippen LogP contribution in [0.3, 0.4) is 0 Å². The molecule has 0 saturated heterocycles. The molecule has 0 aliphatic heterocycles.